The van der Waals surface area contributed by atoms with Crippen LogP contribution in [0, 0.1) is 0 Å². The molecular weight excluding hydrogens is 432 g/mol. The topological polar surface area (TPSA) is 133 Å². The van der Waals surface area contributed by atoms with Gasteiger partial charge in [-0.1, -0.05) is 0 Å². The lowest BCUT2D eigenvalue weighted by Gasteiger charge is -2.36. The number of nitrogens with one attached hydrogen (secondary N) is 2. The summed E-state index contributed by atoms with van der Waals surface area (Å²) in [6, 6.07) is 7.41. The zero-order valence-corrected chi connectivity index (χ0v) is 19.5. The summed E-state index contributed by atoms with van der Waals surface area (Å²) in [6.45, 7) is 6.63. The summed E-state index contributed by atoms with van der Waals surface area (Å²) in [7, 11) is 0. The molecule has 3 aromatic rings. The molecular formula is C24H30N8O2. The highest BCUT2D eigenvalue weighted by Gasteiger charge is 2.26. The Labute approximate surface area is 198 Å². The first-order valence-corrected chi connectivity index (χ1v) is 11.4. The zero-order chi connectivity index (χ0) is 24.1. The number of H-pyrrole nitrogens is 1. The maximum Gasteiger partial charge on any atom is 0.272 e. The minimum Gasteiger partial charge on any atom is -0.380 e. The fourth-order valence-electron chi connectivity index (χ4n) is 4.07. The number of pyridine rings is 2. The van der Waals surface area contributed by atoms with Crippen LogP contribution >= 0.6 is 0 Å². The van der Waals surface area contributed by atoms with E-state index in [1.54, 1.807) is 35.8 Å². The Hall–Kier alpha value is -3.95. The number of imidazole rings is 1. The summed E-state index contributed by atoms with van der Waals surface area (Å²) in [4.78, 5) is 45.2. The minimum absolute atomic E-state index is 0.153. The van der Waals surface area contributed by atoms with E-state index in [2.05, 4.69) is 44.0 Å². The Morgan fingerprint density at radius 3 is 2.62 bits per heavy atom. The number of amides is 2. The highest BCUT2D eigenvalue weighted by molar-refractivity contribution is 5.96. The Balaban J connectivity index is 1.45. The fraction of sp³-hybridized carbons (Fsp3) is 0.375. The first-order valence-electron chi connectivity index (χ1n) is 11.4. The van der Waals surface area contributed by atoms with Crippen molar-refractivity contribution in [3.8, 4) is 0 Å². The number of primary amides is 1. The molecule has 0 radical (unpaired) electrons. The van der Waals surface area contributed by atoms with E-state index in [1.807, 2.05) is 12.1 Å². The first-order chi connectivity index (χ1) is 16.4. The van der Waals surface area contributed by atoms with Crippen LogP contribution in [-0.2, 0) is 12.8 Å². The van der Waals surface area contributed by atoms with Gasteiger partial charge in [0.1, 0.15) is 5.69 Å². The number of aromatic amines is 1. The van der Waals surface area contributed by atoms with E-state index in [0.717, 1.165) is 17.2 Å². The molecule has 0 atom stereocenters. The average Bonchev–Trinajstić information content (AvgIpc) is 3.36. The predicted molar refractivity (Wildman–Crippen MR) is 130 cm³/mol. The second-order valence-electron chi connectivity index (χ2n) is 8.58. The van der Waals surface area contributed by atoms with Crippen molar-refractivity contribution < 1.29 is 9.59 Å². The number of hydrogen-bond acceptors (Lipinski definition) is 7. The van der Waals surface area contributed by atoms with Crippen molar-refractivity contribution in [3.63, 3.8) is 0 Å². The molecule has 2 amide bonds. The quantitative estimate of drug-likeness (QED) is 0.465. The van der Waals surface area contributed by atoms with E-state index in [0.29, 0.717) is 62.0 Å². The van der Waals surface area contributed by atoms with Crippen LogP contribution in [0.5, 0.6) is 0 Å². The van der Waals surface area contributed by atoms with Crippen LogP contribution in [0.25, 0.3) is 0 Å². The van der Waals surface area contributed by atoms with E-state index in [4.69, 9.17) is 5.73 Å². The molecule has 4 N–H and O–H groups in total. The number of hydrogen-bond donors (Lipinski definition) is 3. The molecule has 4 rings (SSSR count). The predicted octanol–water partition coefficient (Wildman–Crippen LogP) is 1.87. The molecule has 1 saturated heterocycles. The molecule has 10 heteroatoms. The smallest absolute Gasteiger partial charge is 0.272 e. The van der Waals surface area contributed by atoms with E-state index in [9.17, 15) is 9.59 Å². The van der Waals surface area contributed by atoms with Crippen molar-refractivity contribution >= 4 is 23.3 Å². The van der Waals surface area contributed by atoms with E-state index in [-0.39, 0.29) is 5.91 Å². The SMILES string of the molecule is CC(C)Nc1cccnc1N1CCN(C(=O)c2ccc(C(N)=O)c(CCc3cnc[nH]3)n2)CC1. The maximum atomic E-state index is 13.2. The van der Waals surface area contributed by atoms with Gasteiger partial charge in [-0.25, -0.2) is 15.0 Å². The normalized spacial score (nSPS) is 13.9. The monoisotopic (exact) mass is 462 g/mol. The lowest BCUT2D eigenvalue weighted by atomic mass is 10.1. The number of piperazine rings is 1. The summed E-state index contributed by atoms with van der Waals surface area (Å²) in [6.07, 6.45) is 6.20. The van der Waals surface area contributed by atoms with Crippen molar-refractivity contribution in [2.24, 2.45) is 5.73 Å². The van der Waals surface area contributed by atoms with Crippen molar-refractivity contribution in [2.45, 2.75) is 32.7 Å². The zero-order valence-electron chi connectivity index (χ0n) is 19.5. The van der Waals surface area contributed by atoms with Gasteiger partial charge in [-0.05, 0) is 51.0 Å². The molecule has 34 heavy (non-hydrogen) atoms. The van der Waals surface area contributed by atoms with Gasteiger partial charge in [-0.2, -0.15) is 0 Å². The highest BCUT2D eigenvalue weighted by atomic mass is 16.2. The van der Waals surface area contributed by atoms with Crippen LogP contribution in [0.15, 0.2) is 43.0 Å². The number of aromatic nitrogens is 4. The Kier molecular flexibility index (Phi) is 7.05. The minimum atomic E-state index is -0.555. The van der Waals surface area contributed by atoms with Gasteiger partial charge in [0.05, 0.1) is 23.3 Å². The third-order valence-corrected chi connectivity index (χ3v) is 5.74. The Morgan fingerprint density at radius 2 is 1.94 bits per heavy atom. The van der Waals surface area contributed by atoms with Crippen molar-refractivity contribution in [2.75, 3.05) is 36.4 Å². The standard InChI is InChI=1S/C24H30N8O2/c1-16(2)29-20-4-3-9-27-23(20)31-10-12-32(13-11-31)24(34)21-8-6-18(22(25)33)19(30-21)7-5-17-14-26-15-28-17/h3-4,6,8-9,14-16,29H,5,7,10-13H2,1-2H3,(H2,25,33)(H,26,28). The molecule has 10 nitrogen and oxygen atoms in total. The van der Waals surface area contributed by atoms with Crippen molar-refractivity contribution in [1.82, 2.24) is 24.8 Å². The van der Waals surface area contributed by atoms with Gasteiger partial charge < -0.3 is 25.8 Å². The fourth-order valence-corrected chi connectivity index (χ4v) is 4.07. The molecule has 1 aliphatic heterocycles. The van der Waals surface area contributed by atoms with Crippen LogP contribution in [0.1, 0.15) is 46.1 Å². The molecule has 4 heterocycles. The number of aryl methyl sites for hydroxylation is 2. The van der Waals surface area contributed by atoms with Gasteiger partial charge in [-0.3, -0.25) is 9.59 Å². The number of carbonyl (C=O) groups excluding carboxylic acids is 2. The Morgan fingerprint density at radius 1 is 1.15 bits per heavy atom. The summed E-state index contributed by atoms with van der Waals surface area (Å²) >= 11 is 0. The van der Waals surface area contributed by atoms with Crippen molar-refractivity contribution in [3.05, 3.63) is 65.6 Å². The molecule has 3 aromatic heterocycles. The van der Waals surface area contributed by atoms with Gasteiger partial charge in [0.2, 0.25) is 0 Å². The second-order valence-corrected chi connectivity index (χ2v) is 8.58. The van der Waals surface area contributed by atoms with E-state index >= 15 is 0 Å². The van der Waals surface area contributed by atoms with Crippen LogP contribution in [0.2, 0.25) is 0 Å². The number of nitrogens with two attached hydrogens (primary N) is 1. The number of anilines is 2. The summed E-state index contributed by atoms with van der Waals surface area (Å²) in [5.74, 6) is 0.189. The highest BCUT2D eigenvalue weighted by Crippen LogP contribution is 2.25. The van der Waals surface area contributed by atoms with Crippen molar-refractivity contribution in [1.29, 1.82) is 0 Å². The summed E-state index contributed by atoms with van der Waals surface area (Å²) in [5, 5.41) is 3.43. The lowest BCUT2D eigenvalue weighted by Crippen LogP contribution is -2.49. The lowest BCUT2D eigenvalue weighted by molar-refractivity contribution is 0.0739. The first kappa shape index (κ1) is 23.2. The van der Waals surface area contributed by atoms with Gasteiger partial charge in [0.25, 0.3) is 11.8 Å². The molecule has 0 aliphatic carbocycles. The van der Waals surface area contributed by atoms with Crippen LogP contribution < -0.4 is 16.0 Å². The molecule has 1 fully saturated rings. The second kappa shape index (κ2) is 10.3. The molecule has 1 aliphatic rings. The van der Waals surface area contributed by atoms with Gasteiger partial charge in [0, 0.05) is 50.3 Å². The third kappa shape index (κ3) is 5.33. The van der Waals surface area contributed by atoms with Crippen LogP contribution in [0.4, 0.5) is 11.5 Å². The third-order valence-electron chi connectivity index (χ3n) is 5.74. The largest absolute Gasteiger partial charge is 0.380 e. The maximum absolute atomic E-state index is 13.2. The average molecular weight is 463 g/mol. The molecule has 0 bridgehead atoms. The molecule has 0 spiro atoms. The number of carbonyl (C=O) groups is 2. The molecule has 178 valence electrons. The summed E-state index contributed by atoms with van der Waals surface area (Å²) < 4.78 is 0. The van der Waals surface area contributed by atoms with E-state index in [1.165, 1.54) is 0 Å². The Bertz CT molecular complexity index is 1140. The van der Waals surface area contributed by atoms with Gasteiger partial charge in [0.15, 0.2) is 5.82 Å². The molecule has 0 aromatic carbocycles. The van der Waals surface area contributed by atoms with Crippen LogP contribution in [-0.4, -0.2) is 68.9 Å². The van der Waals surface area contributed by atoms with E-state index < -0.39 is 5.91 Å². The van der Waals surface area contributed by atoms with Gasteiger partial charge in [-0.15, -0.1) is 0 Å². The number of nitrogens with zero attached hydrogens (tertiary/aromatic N) is 5. The number of rotatable bonds is 8. The summed E-state index contributed by atoms with van der Waals surface area (Å²) in [5.41, 5.74) is 8.62. The molecule has 0 saturated carbocycles. The van der Waals surface area contributed by atoms with Crippen LogP contribution in [0.3, 0.4) is 0 Å². The van der Waals surface area contributed by atoms with Gasteiger partial charge >= 0.3 is 0 Å². The molecule has 0 unspecified atom stereocenters.